The summed E-state index contributed by atoms with van der Waals surface area (Å²) in [6, 6.07) is 8.66. The second-order valence-electron chi connectivity index (χ2n) is 5.58. The fraction of sp³-hybridized carbons (Fsp3) is 0.471. The number of carboxylic acids is 1. The number of esters is 1. The van der Waals surface area contributed by atoms with E-state index in [1.165, 1.54) is 4.90 Å². The molecule has 2 rings (SSSR count). The van der Waals surface area contributed by atoms with Crippen molar-refractivity contribution in [3.05, 3.63) is 35.9 Å². The van der Waals surface area contributed by atoms with Crippen molar-refractivity contribution in [3.8, 4) is 0 Å². The maximum atomic E-state index is 12.0. The molecule has 1 amide bonds. The lowest BCUT2D eigenvalue weighted by molar-refractivity contribution is -0.149. The van der Waals surface area contributed by atoms with E-state index in [1.807, 2.05) is 30.3 Å². The van der Waals surface area contributed by atoms with Crippen molar-refractivity contribution in [2.75, 3.05) is 6.54 Å². The number of benzene rings is 1. The van der Waals surface area contributed by atoms with Crippen molar-refractivity contribution in [2.45, 2.75) is 44.8 Å². The Hall–Kier alpha value is -2.37. The molecular weight excluding hydrogens is 298 g/mol. The molecule has 6 nitrogen and oxygen atoms in total. The van der Waals surface area contributed by atoms with Crippen LogP contribution in [0.4, 0.5) is 0 Å². The van der Waals surface area contributed by atoms with Crippen LogP contribution in [0.25, 0.3) is 0 Å². The molecule has 0 aromatic heterocycles. The minimum Gasteiger partial charge on any atom is -0.480 e. The summed E-state index contributed by atoms with van der Waals surface area (Å²) in [5.41, 5.74) is 0.915. The van der Waals surface area contributed by atoms with Crippen LogP contribution in [-0.4, -0.2) is 40.4 Å². The molecule has 0 spiro atoms. The molecule has 1 unspecified atom stereocenters. The van der Waals surface area contributed by atoms with Gasteiger partial charge in [0.05, 0.1) is 0 Å². The van der Waals surface area contributed by atoms with Gasteiger partial charge >= 0.3 is 11.9 Å². The zero-order valence-electron chi connectivity index (χ0n) is 12.9. The van der Waals surface area contributed by atoms with E-state index in [9.17, 15) is 14.4 Å². The van der Waals surface area contributed by atoms with E-state index in [1.54, 1.807) is 0 Å². The molecule has 1 atom stereocenters. The quantitative estimate of drug-likeness (QED) is 0.777. The summed E-state index contributed by atoms with van der Waals surface area (Å²) in [5, 5.41) is 9.06. The normalized spacial score (nSPS) is 17.0. The highest BCUT2D eigenvalue weighted by Gasteiger charge is 2.33. The monoisotopic (exact) mass is 319 g/mol. The lowest BCUT2D eigenvalue weighted by Crippen LogP contribution is -2.40. The second kappa shape index (κ2) is 8.31. The number of rotatable bonds is 7. The van der Waals surface area contributed by atoms with Crippen molar-refractivity contribution < 1.29 is 24.2 Å². The Bertz CT molecular complexity index is 557. The molecule has 1 N–H and O–H groups in total. The Kier molecular flexibility index (Phi) is 6.14. The number of amides is 1. The number of likely N-dealkylation sites (tertiary alicyclic amines) is 1. The number of carboxylic acid groups (broad SMARTS) is 1. The Balaban J connectivity index is 1.67. The molecule has 23 heavy (non-hydrogen) atoms. The van der Waals surface area contributed by atoms with Crippen LogP contribution < -0.4 is 0 Å². The van der Waals surface area contributed by atoms with E-state index in [0.29, 0.717) is 25.8 Å². The van der Waals surface area contributed by atoms with Crippen LogP contribution in [-0.2, 0) is 25.7 Å². The molecule has 1 aliphatic rings. The molecule has 0 aliphatic carbocycles. The molecular formula is C17H21NO5. The van der Waals surface area contributed by atoms with Crippen LogP contribution in [0.15, 0.2) is 30.3 Å². The summed E-state index contributed by atoms with van der Waals surface area (Å²) < 4.78 is 5.14. The number of carbonyl (C=O) groups excluding carboxylic acids is 2. The fourth-order valence-electron chi connectivity index (χ4n) is 2.66. The molecule has 1 saturated heterocycles. The van der Waals surface area contributed by atoms with E-state index < -0.39 is 12.0 Å². The van der Waals surface area contributed by atoms with Crippen LogP contribution in [0.3, 0.4) is 0 Å². The zero-order valence-corrected chi connectivity index (χ0v) is 12.9. The summed E-state index contributed by atoms with van der Waals surface area (Å²) in [6.07, 6.45) is 1.91. The average molecular weight is 319 g/mol. The maximum Gasteiger partial charge on any atom is 0.326 e. The number of carbonyl (C=O) groups is 3. The summed E-state index contributed by atoms with van der Waals surface area (Å²) >= 11 is 0. The SMILES string of the molecule is O=C(CCCC(=O)N1CCCC1C(=O)O)OCc1ccccc1. The van der Waals surface area contributed by atoms with Crippen LogP contribution in [0.5, 0.6) is 0 Å². The summed E-state index contributed by atoms with van der Waals surface area (Å²) in [5.74, 6) is -1.51. The number of aliphatic carboxylic acids is 1. The lowest BCUT2D eigenvalue weighted by Gasteiger charge is -2.21. The number of hydrogen-bond acceptors (Lipinski definition) is 4. The van der Waals surface area contributed by atoms with Gasteiger partial charge in [0, 0.05) is 19.4 Å². The van der Waals surface area contributed by atoms with Gasteiger partial charge in [-0.1, -0.05) is 30.3 Å². The van der Waals surface area contributed by atoms with Crippen molar-refractivity contribution in [2.24, 2.45) is 0 Å². The summed E-state index contributed by atoms with van der Waals surface area (Å²) in [4.78, 5) is 36.1. The van der Waals surface area contributed by atoms with Gasteiger partial charge in [-0.2, -0.15) is 0 Å². The minimum absolute atomic E-state index is 0.157. The molecule has 1 aliphatic heterocycles. The van der Waals surface area contributed by atoms with E-state index in [4.69, 9.17) is 9.84 Å². The number of ether oxygens (including phenoxy) is 1. The van der Waals surface area contributed by atoms with Crippen LogP contribution in [0.1, 0.15) is 37.7 Å². The van der Waals surface area contributed by atoms with Gasteiger partial charge in [-0.3, -0.25) is 9.59 Å². The lowest BCUT2D eigenvalue weighted by atomic mass is 10.2. The predicted octanol–water partition coefficient (Wildman–Crippen LogP) is 1.98. The highest BCUT2D eigenvalue weighted by molar-refractivity contribution is 5.84. The fourth-order valence-corrected chi connectivity index (χ4v) is 2.66. The molecule has 124 valence electrons. The van der Waals surface area contributed by atoms with Gasteiger partial charge in [0.25, 0.3) is 0 Å². The highest BCUT2D eigenvalue weighted by atomic mass is 16.5. The first-order chi connectivity index (χ1) is 11.1. The smallest absolute Gasteiger partial charge is 0.326 e. The second-order valence-corrected chi connectivity index (χ2v) is 5.58. The van der Waals surface area contributed by atoms with Crippen molar-refractivity contribution in [1.29, 1.82) is 0 Å². The van der Waals surface area contributed by atoms with Gasteiger partial charge in [-0.15, -0.1) is 0 Å². The molecule has 0 bridgehead atoms. The van der Waals surface area contributed by atoms with Crippen molar-refractivity contribution in [1.82, 2.24) is 4.90 Å². The Labute approximate surface area is 135 Å². The number of nitrogens with zero attached hydrogens (tertiary/aromatic N) is 1. The van der Waals surface area contributed by atoms with Crippen LogP contribution >= 0.6 is 0 Å². The first-order valence-electron chi connectivity index (χ1n) is 7.80. The Morgan fingerprint density at radius 3 is 2.61 bits per heavy atom. The standard InChI is InChI=1S/C17H21NO5/c19-15(18-11-5-8-14(18)17(21)22)9-4-10-16(20)23-12-13-6-2-1-3-7-13/h1-3,6-7,14H,4-5,8-12H2,(H,21,22). The topological polar surface area (TPSA) is 83.9 Å². The summed E-state index contributed by atoms with van der Waals surface area (Å²) in [6.45, 7) is 0.703. The minimum atomic E-state index is -0.960. The zero-order chi connectivity index (χ0) is 16.7. The van der Waals surface area contributed by atoms with Gasteiger partial charge in [-0.05, 0) is 24.8 Å². The van der Waals surface area contributed by atoms with E-state index in [-0.39, 0.29) is 31.3 Å². The molecule has 1 fully saturated rings. The van der Waals surface area contributed by atoms with Gasteiger partial charge in [-0.25, -0.2) is 4.79 Å². The highest BCUT2D eigenvalue weighted by Crippen LogP contribution is 2.19. The summed E-state index contributed by atoms with van der Waals surface area (Å²) in [7, 11) is 0. The van der Waals surface area contributed by atoms with Crippen molar-refractivity contribution in [3.63, 3.8) is 0 Å². The number of hydrogen-bond donors (Lipinski definition) is 1. The van der Waals surface area contributed by atoms with E-state index in [2.05, 4.69) is 0 Å². The Morgan fingerprint density at radius 2 is 1.91 bits per heavy atom. The van der Waals surface area contributed by atoms with Crippen molar-refractivity contribution >= 4 is 17.8 Å². The van der Waals surface area contributed by atoms with E-state index in [0.717, 1.165) is 5.56 Å². The van der Waals surface area contributed by atoms with Gasteiger partial charge in [0.15, 0.2) is 0 Å². The van der Waals surface area contributed by atoms with Gasteiger partial charge in [0.1, 0.15) is 12.6 Å². The van der Waals surface area contributed by atoms with Crippen LogP contribution in [0.2, 0.25) is 0 Å². The third kappa shape index (κ3) is 5.09. The maximum absolute atomic E-state index is 12.0. The molecule has 1 aromatic rings. The van der Waals surface area contributed by atoms with E-state index >= 15 is 0 Å². The third-order valence-electron chi connectivity index (χ3n) is 3.87. The first-order valence-corrected chi connectivity index (χ1v) is 7.80. The Morgan fingerprint density at radius 1 is 1.17 bits per heavy atom. The first kappa shape index (κ1) is 17.0. The molecule has 0 radical (unpaired) electrons. The third-order valence-corrected chi connectivity index (χ3v) is 3.87. The van der Waals surface area contributed by atoms with Crippen LogP contribution in [0, 0.1) is 0 Å². The molecule has 0 saturated carbocycles. The molecule has 6 heteroatoms. The predicted molar refractivity (Wildman–Crippen MR) is 82.5 cm³/mol. The average Bonchev–Trinajstić information content (AvgIpc) is 3.04. The molecule has 1 aromatic carbocycles. The van der Waals surface area contributed by atoms with Gasteiger partial charge < -0.3 is 14.7 Å². The largest absolute Gasteiger partial charge is 0.480 e. The van der Waals surface area contributed by atoms with Gasteiger partial charge in [0.2, 0.25) is 5.91 Å². The molecule has 1 heterocycles.